The number of nitrogens with zero attached hydrogens (tertiary/aromatic N) is 4. The molecule has 0 saturated carbocycles. The van der Waals surface area contributed by atoms with Crippen molar-refractivity contribution in [3.63, 3.8) is 0 Å². The van der Waals surface area contributed by atoms with Crippen molar-refractivity contribution in [3.8, 4) is 0 Å². The number of anilines is 2. The standard InChI is InChI=1S/C20H24N4O.N.O/c25-20(16-7-2-1-3-8-16)22-18-9-6-14-24(18)19-15-17(10-11-21-19)23-12-4-5-13-23;;/h1-3,7-8,10-11,15,18H,4-6,9,12-14H2,(H,22,25);;. The van der Waals surface area contributed by atoms with Crippen LogP contribution in [0.5, 0.6) is 0 Å². The third-order valence-corrected chi connectivity index (χ3v) is 5.08. The number of amides is 1. The second kappa shape index (κ2) is 9.34. The van der Waals surface area contributed by atoms with Crippen molar-refractivity contribution in [2.75, 3.05) is 29.4 Å². The predicted octanol–water partition coefficient (Wildman–Crippen LogP) is 2.44. The maximum absolute atomic E-state index is 12.5. The molecule has 3 heterocycles. The molecule has 0 bridgehead atoms. The molecule has 7 heteroatoms. The van der Waals surface area contributed by atoms with Gasteiger partial charge in [-0.15, -0.1) is 0 Å². The van der Waals surface area contributed by atoms with E-state index < -0.39 is 0 Å². The van der Waals surface area contributed by atoms with Crippen LogP contribution >= 0.6 is 0 Å². The Hall–Kier alpha value is -2.64. The van der Waals surface area contributed by atoms with E-state index in [0.717, 1.165) is 38.3 Å². The van der Waals surface area contributed by atoms with E-state index in [0.29, 0.717) is 5.56 Å². The van der Waals surface area contributed by atoms with Gasteiger partial charge in [0.25, 0.3) is 5.91 Å². The zero-order valence-electron chi connectivity index (χ0n) is 15.3. The highest BCUT2D eigenvalue weighted by molar-refractivity contribution is 5.94. The molecule has 2 fully saturated rings. The van der Waals surface area contributed by atoms with Gasteiger partial charge in [-0.1, -0.05) is 18.2 Å². The van der Waals surface area contributed by atoms with Crippen LogP contribution in [0.15, 0.2) is 48.7 Å². The number of hydrogen-bond donors (Lipinski definition) is 1. The molecule has 2 saturated heterocycles. The van der Waals surface area contributed by atoms with E-state index in [1.807, 2.05) is 36.5 Å². The lowest BCUT2D eigenvalue weighted by Crippen LogP contribution is -2.44. The van der Waals surface area contributed by atoms with Crippen LogP contribution in [-0.2, 0) is 5.48 Å². The maximum Gasteiger partial charge on any atom is 0.252 e. The van der Waals surface area contributed by atoms with Crippen LogP contribution in [0.2, 0.25) is 0 Å². The van der Waals surface area contributed by atoms with Crippen LogP contribution in [0.1, 0.15) is 36.0 Å². The van der Waals surface area contributed by atoms with Crippen LogP contribution < -0.4 is 21.3 Å². The van der Waals surface area contributed by atoms with Crippen molar-refractivity contribution in [3.05, 3.63) is 54.2 Å². The zero-order chi connectivity index (χ0) is 17.1. The van der Waals surface area contributed by atoms with Crippen molar-refractivity contribution in [1.82, 2.24) is 16.5 Å². The number of rotatable bonds is 4. The molecule has 1 atom stereocenters. The summed E-state index contributed by atoms with van der Waals surface area (Å²) in [7, 11) is 0. The number of nitrogens with one attached hydrogen (secondary N) is 1. The molecule has 1 aromatic carbocycles. The molecule has 4 rings (SSSR count). The molecule has 2 aromatic rings. The lowest BCUT2D eigenvalue weighted by molar-refractivity contribution is 0.0938. The molecule has 0 spiro atoms. The molecule has 2 aliphatic rings. The molecule has 27 heavy (non-hydrogen) atoms. The lowest BCUT2D eigenvalue weighted by Gasteiger charge is -2.28. The Bertz CT molecular complexity index is 734. The fourth-order valence-corrected chi connectivity index (χ4v) is 3.75. The van der Waals surface area contributed by atoms with Gasteiger partial charge in [-0.05, 0) is 43.9 Å². The van der Waals surface area contributed by atoms with Crippen LogP contribution in [0, 0.1) is 0 Å². The van der Waals surface area contributed by atoms with Gasteiger partial charge in [0, 0.05) is 54.8 Å². The van der Waals surface area contributed by atoms with Crippen LogP contribution in [0.25, 0.3) is 0 Å². The Labute approximate surface area is 160 Å². The maximum atomic E-state index is 12.5. The molecular formula is C20H24N5O2. The van der Waals surface area contributed by atoms with Crippen molar-refractivity contribution >= 4 is 17.4 Å². The summed E-state index contributed by atoms with van der Waals surface area (Å²) in [5.41, 5.74) is 1.94. The molecular weight excluding hydrogens is 342 g/mol. The topological polar surface area (TPSA) is 107 Å². The molecule has 0 aliphatic carbocycles. The number of aromatic nitrogens is 1. The first-order chi connectivity index (χ1) is 12.3. The summed E-state index contributed by atoms with van der Waals surface area (Å²) in [6.45, 7) is 3.17. The second-order valence-electron chi connectivity index (χ2n) is 6.76. The fourth-order valence-electron chi connectivity index (χ4n) is 3.75. The van der Waals surface area contributed by atoms with Crippen molar-refractivity contribution in [2.24, 2.45) is 0 Å². The average molecular weight is 366 g/mol. The van der Waals surface area contributed by atoms with Crippen LogP contribution in [-0.4, -0.2) is 36.7 Å². The number of benzene rings is 1. The Kier molecular flexibility index (Phi) is 7.15. The molecule has 1 N–H and O–H groups in total. The van der Waals surface area contributed by atoms with Gasteiger partial charge >= 0.3 is 0 Å². The highest BCUT2D eigenvalue weighted by Gasteiger charge is 2.28. The molecule has 7 nitrogen and oxygen atoms in total. The largest absolute Gasteiger partial charge is 0.371 e. The van der Waals surface area contributed by atoms with E-state index in [1.54, 1.807) is 0 Å². The molecule has 1 amide bonds. The Morgan fingerprint density at radius 2 is 1.78 bits per heavy atom. The van der Waals surface area contributed by atoms with E-state index in [-0.39, 0.29) is 23.7 Å². The summed E-state index contributed by atoms with van der Waals surface area (Å²) in [6, 6.07) is 13.7. The number of carbonyl (C=O) groups is 1. The summed E-state index contributed by atoms with van der Waals surface area (Å²) in [5.74, 6) is 0.938. The SMILES string of the molecule is O=C(NC1CCCN1c1cc(N2CCCC2)ccn1)c1ccccc1.[N].[O]. The highest BCUT2D eigenvalue weighted by atomic mass is 16.1. The average Bonchev–Trinajstić information content (AvgIpc) is 3.35. The van der Waals surface area contributed by atoms with Gasteiger partial charge < -0.3 is 15.1 Å². The van der Waals surface area contributed by atoms with Gasteiger partial charge in [0.1, 0.15) is 12.0 Å². The Morgan fingerprint density at radius 3 is 2.52 bits per heavy atom. The minimum Gasteiger partial charge on any atom is -0.371 e. The Morgan fingerprint density at radius 1 is 1.04 bits per heavy atom. The first kappa shape index (κ1) is 20.7. The first-order valence-electron chi connectivity index (χ1n) is 9.15. The zero-order valence-corrected chi connectivity index (χ0v) is 15.3. The molecule has 1 aromatic heterocycles. The van der Waals surface area contributed by atoms with Crippen LogP contribution in [0.4, 0.5) is 11.5 Å². The fraction of sp³-hybridized carbons (Fsp3) is 0.400. The van der Waals surface area contributed by atoms with Gasteiger partial charge in [-0.3, -0.25) is 4.79 Å². The molecule has 141 valence electrons. The van der Waals surface area contributed by atoms with E-state index in [4.69, 9.17) is 0 Å². The van der Waals surface area contributed by atoms with Crippen molar-refractivity contribution < 1.29 is 10.3 Å². The number of carbonyl (C=O) groups excluding carboxylic acids is 1. The van der Waals surface area contributed by atoms with Gasteiger partial charge in [0.2, 0.25) is 0 Å². The summed E-state index contributed by atoms with van der Waals surface area (Å²) >= 11 is 0. The third kappa shape index (κ3) is 4.56. The monoisotopic (exact) mass is 366 g/mol. The van der Waals surface area contributed by atoms with Gasteiger partial charge in [0.15, 0.2) is 0 Å². The smallest absolute Gasteiger partial charge is 0.252 e. The van der Waals surface area contributed by atoms with E-state index in [9.17, 15) is 4.79 Å². The van der Waals surface area contributed by atoms with E-state index in [1.165, 1.54) is 18.5 Å². The molecule has 5 radical (unpaired) electrons. The second-order valence-corrected chi connectivity index (χ2v) is 6.76. The number of hydrogen-bond acceptors (Lipinski definition) is 4. The highest BCUT2D eigenvalue weighted by Crippen LogP contribution is 2.27. The Balaban J connectivity index is 0.00000131. The van der Waals surface area contributed by atoms with Crippen LogP contribution in [0.3, 0.4) is 0 Å². The molecule has 1 unspecified atom stereocenters. The third-order valence-electron chi connectivity index (χ3n) is 5.08. The first-order valence-corrected chi connectivity index (χ1v) is 9.15. The van der Waals surface area contributed by atoms with Crippen molar-refractivity contribution in [1.29, 1.82) is 0 Å². The number of pyridine rings is 1. The van der Waals surface area contributed by atoms with Gasteiger partial charge in [0.05, 0.1) is 0 Å². The van der Waals surface area contributed by atoms with Crippen molar-refractivity contribution in [2.45, 2.75) is 31.8 Å². The predicted molar refractivity (Wildman–Crippen MR) is 103 cm³/mol. The van der Waals surface area contributed by atoms with E-state index in [2.05, 4.69) is 32.2 Å². The quantitative estimate of drug-likeness (QED) is 0.896. The normalized spacial score (nSPS) is 18.6. The minimum absolute atomic E-state index is 0. The summed E-state index contributed by atoms with van der Waals surface area (Å²) < 4.78 is 0. The summed E-state index contributed by atoms with van der Waals surface area (Å²) in [6.07, 6.45) is 6.43. The van der Waals surface area contributed by atoms with E-state index >= 15 is 0 Å². The molecule has 2 aliphatic heterocycles. The van der Waals surface area contributed by atoms with Gasteiger partial charge in [-0.25, -0.2) is 4.98 Å². The summed E-state index contributed by atoms with van der Waals surface area (Å²) in [4.78, 5) is 21.7. The minimum atomic E-state index is -0.0202. The lowest BCUT2D eigenvalue weighted by atomic mass is 10.2. The van der Waals surface area contributed by atoms with Gasteiger partial charge in [-0.2, -0.15) is 0 Å². The summed E-state index contributed by atoms with van der Waals surface area (Å²) in [5, 5.41) is 3.17.